The molecule has 0 spiro atoms. The van der Waals surface area contributed by atoms with Gasteiger partial charge in [-0.25, -0.2) is 19.3 Å². The molecule has 11 heteroatoms. The lowest BCUT2D eigenvalue weighted by Gasteiger charge is -2.18. The summed E-state index contributed by atoms with van der Waals surface area (Å²) < 4.78 is 42.0. The van der Waals surface area contributed by atoms with E-state index in [0.717, 1.165) is 54.0 Å². The Morgan fingerprint density at radius 1 is 1.11 bits per heavy atom. The van der Waals surface area contributed by atoms with Crippen molar-refractivity contribution in [2.75, 3.05) is 11.9 Å². The first-order valence-corrected chi connectivity index (χ1v) is 11.5. The fraction of sp³-hybridized carbons (Fsp3) is 0.333. The minimum Gasteiger partial charge on any atom is -0.324 e. The van der Waals surface area contributed by atoms with Gasteiger partial charge in [0, 0.05) is 30.0 Å². The molecule has 0 atom stereocenters. The van der Waals surface area contributed by atoms with Crippen molar-refractivity contribution in [2.45, 2.75) is 44.4 Å². The minimum absolute atomic E-state index is 0.00642. The predicted octanol–water partition coefficient (Wildman–Crippen LogP) is 3.81. The maximum Gasteiger partial charge on any atom is 0.408 e. The maximum atomic E-state index is 13.4. The van der Waals surface area contributed by atoms with Crippen molar-refractivity contribution < 1.29 is 13.2 Å². The van der Waals surface area contributed by atoms with E-state index in [1.54, 1.807) is 12.1 Å². The normalized spacial score (nSPS) is 15.9. The van der Waals surface area contributed by atoms with Gasteiger partial charge in [0.15, 0.2) is 11.5 Å². The summed E-state index contributed by atoms with van der Waals surface area (Å²) in [5.74, 6) is 0.692. The quantitative estimate of drug-likeness (QED) is 0.451. The third kappa shape index (κ3) is 4.27. The molecule has 0 saturated heterocycles. The van der Waals surface area contributed by atoms with Crippen LogP contribution in [0.4, 0.5) is 24.8 Å². The van der Waals surface area contributed by atoms with E-state index in [9.17, 15) is 18.0 Å². The van der Waals surface area contributed by atoms with E-state index in [2.05, 4.69) is 25.6 Å². The molecule has 0 bridgehead atoms. The number of alkyl halides is 3. The van der Waals surface area contributed by atoms with Crippen LogP contribution in [0.5, 0.6) is 0 Å². The minimum atomic E-state index is -4.60. The topological polar surface area (TPSA) is 89.7 Å². The van der Waals surface area contributed by atoms with Crippen LogP contribution in [0.15, 0.2) is 47.4 Å². The van der Waals surface area contributed by atoms with Gasteiger partial charge in [0.1, 0.15) is 11.9 Å². The third-order valence-corrected chi connectivity index (χ3v) is 6.32. The van der Waals surface area contributed by atoms with Crippen molar-refractivity contribution in [2.24, 2.45) is 0 Å². The molecule has 0 radical (unpaired) electrons. The number of benzene rings is 1. The van der Waals surface area contributed by atoms with Gasteiger partial charge in [0.25, 0.3) is 5.56 Å². The first kappa shape index (κ1) is 21.8. The molecule has 1 aliphatic heterocycles. The SMILES string of the molecule is O=c1c2cnc(Nc3ccc4c(c3)CNCC4)nc2n(-c2cccc(C3CC3)n2)n1CC(F)(F)F. The highest BCUT2D eigenvalue weighted by molar-refractivity contribution is 5.77. The summed E-state index contributed by atoms with van der Waals surface area (Å²) in [4.78, 5) is 26.2. The molecule has 2 N–H and O–H groups in total. The average molecular weight is 481 g/mol. The van der Waals surface area contributed by atoms with Gasteiger partial charge in [-0.05, 0) is 61.2 Å². The zero-order valence-electron chi connectivity index (χ0n) is 18.6. The summed E-state index contributed by atoms with van der Waals surface area (Å²) in [5, 5.41) is 6.45. The monoisotopic (exact) mass is 481 g/mol. The van der Waals surface area contributed by atoms with Gasteiger partial charge in [-0.2, -0.15) is 18.2 Å². The highest BCUT2D eigenvalue weighted by atomic mass is 19.4. The number of halogens is 3. The summed E-state index contributed by atoms with van der Waals surface area (Å²) >= 11 is 0. The molecule has 8 nitrogen and oxygen atoms in total. The maximum absolute atomic E-state index is 13.4. The lowest BCUT2D eigenvalue weighted by Crippen LogP contribution is -2.30. The number of anilines is 2. The van der Waals surface area contributed by atoms with Crippen LogP contribution < -0.4 is 16.2 Å². The number of aromatic nitrogens is 5. The van der Waals surface area contributed by atoms with Crippen molar-refractivity contribution in [3.63, 3.8) is 0 Å². The molecule has 1 aromatic carbocycles. The molecule has 35 heavy (non-hydrogen) atoms. The fourth-order valence-corrected chi connectivity index (χ4v) is 4.49. The lowest BCUT2D eigenvalue weighted by atomic mass is 10.0. The van der Waals surface area contributed by atoms with E-state index in [1.807, 2.05) is 24.3 Å². The largest absolute Gasteiger partial charge is 0.408 e. The Balaban J connectivity index is 1.46. The summed E-state index contributed by atoms with van der Waals surface area (Å²) in [6, 6.07) is 11.1. The molecule has 4 heterocycles. The van der Waals surface area contributed by atoms with Gasteiger partial charge >= 0.3 is 6.18 Å². The predicted molar refractivity (Wildman–Crippen MR) is 124 cm³/mol. The Kier molecular flexibility index (Phi) is 5.10. The number of pyridine rings is 1. The smallest absolute Gasteiger partial charge is 0.324 e. The van der Waals surface area contributed by atoms with Gasteiger partial charge in [-0.15, -0.1) is 0 Å². The van der Waals surface area contributed by atoms with Crippen molar-refractivity contribution in [3.8, 4) is 5.82 Å². The van der Waals surface area contributed by atoms with Crippen LogP contribution >= 0.6 is 0 Å². The summed E-state index contributed by atoms with van der Waals surface area (Å²) in [6.07, 6.45) is -0.406. The Morgan fingerprint density at radius 2 is 1.97 bits per heavy atom. The Morgan fingerprint density at radius 3 is 2.77 bits per heavy atom. The molecule has 0 amide bonds. The Labute approximate surface area is 197 Å². The molecular formula is C24H22F3N7O. The molecule has 1 saturated carbocycles. The van der Waals surface area contributed by atoms with Crippen LogP contribution in [0.1, 0.15) is 35.6 Å². The second kappa shape index (κ2) is 8.19. The highest BCUT2D eigenvalue weighted by Gasteiger charge is 2.32. The zero-order valence-corrected chi connectivity index (χ0v) is 18.6. The molecule has 6 rings (SSSR count). The van der Waals surface area contributed by atoms with E-state index < -0.39 is 18.3 Å². The van der Waals surface area contributed by atoms with Gasteiger partial charge in [0.05, 0.1) is 0 Å². The van der Waals surface area contributed by atoms with E-state index in [4.69, 9.17) is 0 Å². The molecular weight excluding hydrogens is 459 g/mol. The number of hydrogen-bond donors (Lipinski definition) is 2. The number of rotatable bonds is 5. The van der Waals surface area contributed by atoms with E-state index in [-0.39, 0.29) is 22.8 Å². The van der Waals surface area contributed by atoms with Gasteiger partial charge in [-0.3, -0.25) is 4.79 Å². The fourth-order valence-electron chi connectivity index (χ4n) is 4.49. The average Bonchev–Trinajstić information content (AvgIpc) is 3.65. The number of nitrogens with zero attached hydrogens (tertiary/aromatic N) is 5. The van der Waals surface area contributed by atoms with E-state index in [0.29, 0.717) is 10.6 Å². The van der Waals surface area contributed by atoms with Crippen molar-refractivity contribution in [3.05, 3.63) is 69.8 Å². The second-order valence-electron chi connectivity index (χ2n) is 8.95. The molecule has 2 aliphatic rings. The van der Waals surface area contributed by atoms with Crippen molar-refractivity contribution >= 4 is 22.7 Å². The van der Waals surface area contributed by atoms with E-state index >= 15 is 0 Å². The van der Waals surface area contributed by atoms with Crippen LogP contribution in [0.2, 0.25) is 0 Å². The Bertz CT molecular complexity index is 1490. The third-order valence-electron chi connectivity index (χ3n) is 6.32. The molecule has 4 aromatic rings. The zero-order chi connectivity index (χ0) is 24.2. The lowest BCUT2D eigenvalue weighted by molar-refractivity contribution is -0.144. The van der Waals surface area contributed by atoms with Gasteiger partial charge < -0.3 is 10.6 Å². The number of hydrogen-bond acceptors (Lipinski definition) is 6. The van der Waals surface area contributed by atoms with Crippen LogP contribution in [0.3, 0.4) is 0 Å². The molecule has 0 unspecified atom stereocenters. The first-order chi connectivity index (χ1) is 16.9. The van der Waals surface area contributed by atoms with Gasteiger partial charge in [0.2, 0.25) is 5.95 Å². The van der Waals surface area contributed by atoms with Crippen LogP contribution in [-0.2, 0) is 19.5 Å². The molecule has 3 aromatic heterocycles. The molecule has 1 fully saturated rings. The number of nitrogens with one attached hydrogen (secondary N) is 2. The van der Waals surface area contributed by atoms with Crippen LogP contribution in [0, 0.1) is 0 Å². The summed E-state index contributed by atoms with van der Waals surface area (Å²) in [6.45, 7) is 0.230. The van der Waals surface area contributed by atoms with Crippen molar-refractivity contribution in [1.82, 2.24) is 29.6 Å². The van der Waals surface area contributed by atoms with Gasteiger partial charge in [-0.1, -0.05) is 12.1 Å². The van der Waals surface area contributed by atoms with Crippen LogP contribution in [-0.4, -0.2) is 37.0 Å². The number of fused-ring (bicyclic) bond motifs is 2. The molecule has 180 valence electrons. The van der Waals surface area contributed by atoms with E-state index in [1.165, 1.54) is 11.8 Å². The first-order valence-electron chi connectivity index (χ1n) is 11.5. The van der Waals surface area contributed by atoms with Crippen LogP contribution in [0.25, 0.3) is 16.9 Å². The standard InChI is InChI=1S/C24H22F3N7O/c25-24(26,27)13-33-22(35)18-12-29-23(30-17-7-6-14-8-9-28-11-16(14)10-17)32-21(18)34(33)20-3-1-2-19(31-20)15-4-5-15/h1-3,6-7,10,12,15,28H,4-5,8-9,11,13H2,(H,29,30,32). The second-order valence-corrected chi connectivity index (χ2v) is 8.95. The highest BCUT2D eigenvalue weighted by Crippen LogP contribution is 2.39. The molecule has 1 aliphatic carbocycles. The van der Waals surface area contributed by atoms with Crippen molar-refractivity contribution in [1.29, 1.82) is 0 Å². The Hall–Kier alpha value is -3.73. The summed E-state index contributed by atoms with van der Waals surface area (Å²) in [5.41, 5.74) is 3.23. The summed E-state index contributed by atoms with van der Waals surface area (Å²) in [7, 11) is 0.